The largest absolute Gasteiger partial charge is 0.325 e. The van der Waals surface area contributed by atoms with E-state index in [1.165, 1.54) is 23.1 Å². The van der Waals surface area contributed by atoms with Crippen LogP contribution in [0.1, 0.15) is 29.8 Å². The smallest absolute Gasteiger partial charge is 0.254 e. The Morgan fingerprint density at radius 2 is 1.92 bits per heavy atom. The third-order valence-corrected chi connectivity index (χ3v) is 4.65. The third-order valence-electron chi connectivity index (χ3n) is 4.65. The molecule has 25 heavy (non-hydrogen) atoms. The SMILES string of the molecule is CCc1ccccc1N1CCN(C(=O)c2cccc(F)c2)C(C)C1=O. The maximum atomic E-state index is 13.4. The lowest BCUT2D eigenvalue weighted by Crippen LogP contribution is -2.58. The summed E-state index contributed by atoms with van der Waals surface area (Å²) in [6.45, 7) is 4.62. The number of hydrogen-bond donors (Lipinski definition) is 0. The minimum atomic E-state index is -0.588. The highest BCUT2D eigenvalue weighted by atomic mass is 19.1. The highest BCUT2D eigenvalue weighted by Crippen LogP contribution is 2.25. The van der Waals surface area contributed by atoms with Crippen LogP contribution in [0.5, 0.6) is 0 Å². The van der Waals surface area contributed by atoms with Gasteiger partial charge >= 0.3 is 0 Å². The summed E-state index contributed by atoms with van der Waals surface area (Å²) in [4.78, 5) is 28.8. The number of rotatable bonds is 3. The monoisotopic (exact) mass is 340 g/mol. The van der Waals surface area contributed by atoms with Crippen LogP contribution < -0.4 is 4.90 Å². The number of para-hydroxylation sites is 1. The number of aryl methyl sites for hydroxylation is 1. The molecule has 0 bridgehead atoms. The van der Waals surface area contributed by atoms with Crippen LogP contribution in [0.3, 0.4) is 0 Å². The molecule has 2 amide bonds. The molecule has 0 saturated carbocycles. The molecule has 1 atom stereocenters. The lowest BCUT2D eigenvalue weighted by Gasteiger charge is -2.39. The van der Waals surface area contributed by atoms with Gasteiger partial charge in [0.05, 0.1) is 0 Å². The maximum absolute atomic E-state index is 13.4. The van der Waals surface area contributed by atoms with E-state index >= 15 is 0 Å². The quantitative estimate of drug-likeness (QED) is 0.860. The lowest BCUT2D eigenvalue weighted by atomic mass is 10.1. The first-order valence-electron chi connectivity index (χ1n) is 8.48. The molecular formula is C20H21FN2O2. The van der Waals surface area contributed by atoms with E-state index in [9.17, 15) is 14.0 Å². The molecule has 0 aliphatic carbocycles. The van der Waals surface area contributed by atoms with Crippen LogP contribution in [0.4, 0.5) is 10.1 Å². The predicted octanol–water partition coefficient (Wildman–Crippen LogP) is 3.27. The first-order chi connectivity index (χ1) is 12.0. The van der Waals surface area contributed by atoms with Crippen molar-refractivity contribution in [2.24, 2.45) is 0 Å². The summed E-state index contributed by atoms with van der Waals surface area (Å²) in [5.41, 5.74) is 2.27. The number of anilines is 1. The molecule has 1 saturated heterocycles. The van der Waals surface area contributed by atoms with Gasteiger partial charge in [0.2, 0.25) is 5.91 Å². The van der Waals surface area contributed by atoms with Gasteiger partial charge in [0.15, 0.2) is 0 Å². The van der Waals surface area contributed by atoms with Crippen LogP contribution in [0, 0.1) is 5.82 Å². The van der Waals surface area contributed by atoms with Crippen molar-refractivity contribution in [3.63, 3.8) is 0 Å². The fourth-order valence-corrected chi connectivity index (χ4v) is 3.25. The number of amides is 2. The van der Waals surface area contributed by atoms with Crippen molar-refractivity contribution < 1.29 is 14.0 Å². The van der Waals surface area contributed by atoms with Crippen LogP contribution >= 0.6 is 0 Å². The van der Waals surface area contributed by atoms with E-state index < -0.39 is 11.9 Å². The Morgan fingerprint density at radius 1 is 1.16 bits per heavy atom. The summed E-state index contributed by atoms with van der Waals surface area (Å²) in [6, 6.07) is 12.8. The van der Waals surface area contributed by atoms with E-state index in [2.05, 4.69) is 6.92 Å². The van der Waals surface area contributed by atoms with E-state index in [4.69, 9.17) is 0 Å². The van der Waals surface area contributed by atoms with Gasteiger partial charge in [-0.2, -0.15) is 0 Å². The number of benzene rings is 2. The Labute approximate surface area is 146 Å². The molecule has 0 spiro atoms. The second-order valence-electron chi connectivity index (χ2n) is 6.16. The molecule has 1 unspecified atom stereocenters. The van der Waals surface area contributed by atoms with Gasteiger partial charge in [-0.05, 0) is 43.2 Å². The molecule has 1 heterocycles. The molecule has 0 radical (unpaired) electrons. The van der Waals surface area contributed by atoms with Crippen molar-refractivity contribution in [3.8, 4) is 0 Å². The summed E-state index contributed by atoms with van der Waals surface area (Å²) in [7, 11) is 0. The predicted molar refractivity (Wildman–Crippen MR) is 95.1 cm³/mol. The van der Waals surface area contributed by atoms with E-state index in [-0.39, 0.29) is 17.4 Å². The molecule has 3 rings (SSSR count). The van der Waals surface area contributed by atoms with Gasteiger partial charge in [0.1, 0.15) is 11.9 Å². The van der Waals surface area contributed by atoms with Crippen LogP contribution in [-0.2, 0) is 11.2 Å². The Morgan fingerprint density at radius 3 is 2.64 bits per heavy atom. The molecule has 2 aromatic rings. The minimum absolute atomic E-state index is 0.114. The molecule has 1 aliphatic heterocycles. The molecule has 1 aliphatic rings. The molecule has 1 fully saturated rings. The Bertz CT molecular complexity index is 806. The topological polar surface area (TPSA) is 40.6 Å². The van der Waals surface area contributed by atoms with Gasteiger partial charge in [0, 0.05) is 24.3 Å². The van der Waals surface area contributed by atoms with Gasteiger partial charge in [-0.3, -0.25) is 9.59 Å². The first kappa shape index (κ1) is 17.1. The van der Waals surface area contributed by atoms with E-state index in [0.717, 1.165) is 17.7 Å². The van der Waals surface area contributed by atoms with Gasteiger partial charge < -0.3 is 9.80 Å². The number of hydrogen-bond acceptors (Lipinski definition) is 2. The van der Waals surface area contributed by atoms with Gasteiger partial charge in [-0.15, -0.1) is 0 Å². The molecular weight excluding hydrogens is 319 g/mol. The molecule has 2 aromatic carbocycles. The maximum Gasteiger partial charge on any atom is 0.254 e. The number of carbonyl (C=O) groups excluding carboxylic acids is 2. The molecule has 130 valence electrons. The van der Waals surface area contributed by atoms with E-state index in [1.807, 2.05) is 24.3 Å². The normalized spacial score (nSPS) is 17.7. The number of nitrogens with zero attached hydrogens (tertiary/aromatic N) is 2. The molecule has 0 aromatic heterocycles. The van der Waals surface area contributed by atoms with Crippen molar-refractivity contribution in [2.75, 3.05) is 18.0 Å². The second-order valence-corrected chi connectivity index (χ2v) is 6.16. The van der Waals surface area contributed by atoms with Crippen molar-refractivity contribution in [2.45, 2.75) is 26.3 Å². The van der Waals surface area contributed by atoms with Crippen LogP contribution in [0.15, 0.2) is 48.5 Å². The molecule has 5 heteroatoms. The zero-order valence-corrected chi connectivity index (χ0v) is 14.4. The molecule has 0 N–H and O–H groups in total. The average Bonchev–Trinajstić information content (AvgIpc) is 2.63. The number of halogens is 1. The van der Waals surface area contributed by atoms with Gasteiger partial charge in [0.25, 0.3) is 5.91 Å². The van der Waals surface area contributed by atoms with Crippen molar-refractivity contribution >= 4 is 17.5 Å². The van der Waals surface area contributed by atoms with Crippen LogP contribution in [0.2, 0.25) is 0 Å². The summed E-state index contributed by atoms with van der Waals surface area (Å²) >= 11 is 0. The summed E-state index contributed by atoms with van der Waals surface area (Å²) in [5.74, 6) is -0.888. The van der Waals surface area contributed by atoms with E-state index in [1.54, 1.807) is 17.9 Å². The van der Waals surface area contributed by atoms with Crippen molar-refractivity contribution in [1.82, 2.24) is 4.90 Å². The number of carbonyl (C=O) groups is 2. The number of piperazine rings is 1. The zero-order valence-electron chi connectivity index (χ0n) is 14.4. The van der Waals surface area contributed by atoms with Gasteiger partial charge in [-0.1, -0.05) is 31.2 Å². The Kier molecular flexibility index (Phi) is 4.83. The van der Waals surface area contributed by atoms with Crippen LogP contribution in [-0.4, -0.2) is 35.8 Å². The lowest BCUT2D eigenvalue weighted by molar-refractivity contribution is -0.124. The van der Waals surface area contributed by atoms with Crippen LogP contribution in [0.25, 0.3) is 0 Å². The fraction of sp³-hybridized carbons (Fsp3) is 0.300. The summed E-state index contributed by atoms with van der Waals surface area (Å²) < 4.78 is 13.4. The molecule has 4 nitrogen and oxygen atoms in total. The van der Waals surface area contributed by atoms with Gasteiger partial charge in [-0.25, -0.2) is 4.39 Å². The van der Waals surface area contributed by atoms with Crippen molar-refractivity contribution in [3.05, 3.63) is 65.5 Å². The summed E-state index contributed by atoms with van der Waals surface area (Å²) in [6.07, 6.45) is 0.834. The van der Waals surface area contributed by atoms with E-state index in [0.29, 0.717) is 13.1 Å². The highest BCUT2D eigenvalue weighted by molar-refractivity contribution is 6.03. The zero-order chi connectivity index (χ0) is 18.0. The Hall–Kier alpha value is -2.69. The third kappa shape index (κ3) is 3.27. The average molecular weight is 340 g/mol. The summed E-state index contributed by atoms with van der Waals surface area (Å²) in [5, 5.41) is 0. The fourth-order valence-electron chi connectivity index (χ4n) is 3.25. The Balaban J connectivity index is 1.83. The second kappa shape index (κ2) is 7.05. The minimum Gasteiger partial charge on any atom is -0.325 e. The first-order valence-corrected chi connectivity index (χ1v) is 8.48. The standard InChI is InChI=1S/C20H21FN2O2/c1-3-15-7-4-5-10-18(15)23-12-11-22(14(2)19(23)24)20(25)16-8-6-9-17(21)13-16/h4-10,13-14H,3,11-12H2,1-2H3. The highest BCUT2D eigenvalue weighted by Gasteiger charge is 2.35. The van der Waals surface area contributed by atoms with Crippen molar-refractivity contribution in [1.29, 1.82) is 0 Å².